The van der Waals surface area contributed by atoms with Crippen molar-refractivity contribution >= 4 is 40.2 Å². The molecule has 0 atom stereocenters. The predicted octanol–water partition coefficient (Wildman–Crippen LogP) is 1.67. The fraction of sp³-hybridized carbons (Fsp3) is 0.0769. The van der Waals surface area contributed by atoms with E-state index in [1.807, 2.05) is 0 Å². The van der Waals surface area contributed by atoms with Crippen molar-refractivity contribution in [1.29, 1.82) is 0 Å². The van der Waals surface area contributed by atoms with E-state index in [2.05, 4.69) is 25.3 Å². The van der Waals surface area contributed by atoms with E-state index in [1.54, 1.807) is 30.6 Å². The van der Waals surface area contributed by atoms with Gasteiger partial charge in [-0.25, -0.2) is 15.0 Å². The molecular formula is C13H12N6OS. The Labute approximate surface area is 124 Å². The lowest BCUT2D eigenvalue weighted by molar-refractivity contribution is -0.113. The number of hydrogen-bond donors (Lipinski definition) is 3. The number of aromatic amines is 1. The molecule has 3 aromatic rings. The Morgan fingerprint density at radius 1 is 1.24 bits per heavy atom. The van der Waals surface area contributed by atoms with Crippen molar-refractivity contribution in [2.45, 2.75) is 5.03 Å². The minimum Gasteiger partial charge on any atom is -0.399 e. The quantitative estimate of drug-likeness (QED) is 0.384. The molecule has 1 amide bonds. The Morgan fingerprint density at radius 3 is 2.86 bits per heavy atom. The number of carbonyl (C=O) groups excluding carboxylic acids is 1. The maximum Gasteiger partial charge on any atom is 0.234 e. The van der Waals surface area contributed by atoms with E-state index in [0.29, 0.717) is 22.0 Å². The molecule has 21 heavy (non-hydrogen) atoms. The number of thioether (sulfide) groups is 1. The van der Waals surface area contributed by atoms with Crippen LogP contribution in [0.1, 0.15) is 0 Å². The van der Waals surface area contributed by atoms with Crippen molar-refractivity contribution in [3.05, 3.63) is 36.9 Å². The molecule has 2 heterocycles. The highest BCUT2D eigenvalue weighted by atomic mass is 32.2. The number of benzene rings is 1. The zero-order chi connectivity index (χ0) is 14.7. The fourth-order valence-corrected chi connectivity index (χ4v) is 2.51. The van der Waals surface area contributed by atoms with Crippen molar-refractivity contribution in [2.24, 2.45) is 0 Å². The summed E-state index contributed by atoms with van der Waals surface area (Å²) in [4.78, 5) is 27.1. The van der Waals surface area contributed by atoms with Crippen LogP contribution in [0.15, 0.2) is 41.9 Å². The van der Waals surface area contributed by atoms with Gasteiger partial charge in [0.05, 0.1) is 12.1 Å². The van der Waals surface area contributed by atoms with Crippen molar-refractivity contribution in [2.75, 3.05) is 16.8 Å². The molecule has 0 aliphatic rings. The molecule has 0 radical (unpaired) electrons. The Kier molecular flexibility index (Phi) is 3.69. The van der Waals surface area contributed by atoms with Gasteiger partial charge >= 0.3 is 0 Å². The molecule has 0 saturated carbocycles. The predicted molar refractivity (Wildman–Crippen MR) is 81.9 cm³/mol. The van der Waals surface area contributed by atoms with Gasteiger partial charge in [-0.2, -0.15) is 0 Å². The smallest absolute Gasteiger partial charge is 0.234 e. The number of aromatic nitrogens is 4. The lowest BCUT2D eigenvalue weighted by Crippen LogP contribution is -2.14. The SMILES string of the molecule is Nc1ccc(NC(=O)CSc2ncnc3nc[nH]c23)cc1. The van der Waals surface area contributed by atoms with Gasteiger partial charge in [-0.05, 0) is 24.3 Å². The molecule has 0 bridgehead atoms. The van der Waals surface area contributed by atoms with Crippen LogP contribution in [-0.4, -0.2) is 31.6 Å². The molecule has 1 aromatic carbocycles. The summed E-state index contributed by atoms with van der Waals surface area (Å²) in [7, 11) is 0. The van der Waals surface area contributed by atoms with Gasteiger partial charge in [0.2, 0.25) is 5.91 Å². The monoisotopic (exact) mass is 300 g/mol. The van der Waals surface area contributed by atoms with Crippen molar-refractivity contribution in [3.63, 3.8) is 0 Å². The number of amides is 1. The average Bonchev–Trinajstić information content (AvgIpc) is 2.96. The molecular weight excluding hydrogens is 288 g/mol. The average molecular weight is 300 g/mol. The van der Waals surface area contributed by atoms with Crippen LogP contribution >= 0.6 is 11.8 Å². The molecule has 4 N–H and O–H groups in total. The van der Waals surface area contributed by atoms with Crippen LogP contribution in [0.5, 0.6) is 0 Å². The fourth-order valence-electron chi connectivity index (χ4n) is 1.75. The number of anilines is 2. The largest absolute Gasteiger partial charge is 0.399 e. The lowest BCUT2D eigenvalue weighted by atomic mass is 10.3. The number of hydrogen-bond acceptors (Lipinski definition) is 6. The van der Waals surface area contributed by atoms with Crippen LogP contribution in [0.4, 0.5) is 11.4 Å². The number of fused-ring (bicyclic) bond motifs is 1. The number of imidazole rings is 1. The Hall–Kier alpha value is -2.61. The van der Waals surface area contributed by atoms with Gasteiger partial charge in [0.1, 0.15) is 16.9 Å². The summed E-state index contributed by atoms with van der Waals surface area (Å²) < 4.78 is 0. The zero-order valence-electron chi connectivity index (χ0n) is 10.9. The van der Waals surface area contributed by atoms with E-state index in [1.165, 1.54) is 18.1 Å². The maximum atomic E-state index is 11.9. The number of nitrogens with two attached hydrogens (primary N) is 1. The number of H-pyrrole nitrogens is 1. The van der Waals surface area contributed by atoms with E-state index in [-0.39, 0.29) is 11.7 Å². The van der Waals surface area contributed by atoms with Crippen LogP contribution in [0.25, 0.3) is 11.2 Å². The summed E-state index contributed by atoms with van der Waals surface area (Å²) in [5.74, 6) is 0.131. The van der Waals surface area contributed by atoms with Crippen LogP contribution in [0, 0.1) is 0 Å². The molecule has 0 aliphatic carbocycles. The third-order valence-corrected chi connectivity index (χ3v) is 3.71. The van der Waals surface area contributed by atoms with Crippen molar-refractivity contribution < 1.29 is 4.79 Å². The summed E-state index contributed by atoms with van der Waals surface area (Å²) in [5.41, 5.74) is 8.29. The van der Waals surface area contributed by atoms with Gasteiger partial charge in [-0.15, -0.1) is 0 Å². The highest BCUT2D eigenvalue weighted by Gasteiger charge is 2.09. The van der Waals surface area contributed by atoms with Crippen LogP contribution in [-0.2, 0) is 4.79 Å². The Balaban J connectivity index is 1.63. The summed E-state index contributed by atoms with van der Waals surface area (Å²) in [5, 5.41) is 3.50. The number of nitrogens with zero attached hydrogens (tertiary/aromatic N) is 3. The molecule has 106 valence electrons. The normalized spacial score (nSPS) is 10.7. The first-order valence-electron chi connectivity index (χ1n) is 6.14. The van der Waals surface area contributed by atoms with Gasteiger partial charge in [0, 0.05) is 11.4 Å². The van der Waals surface area contributed by atoms with E-state index in [0.717, 1.165) is 5.52 Å². The molecule has 0 aliphatic heterocycles. The highest BCUT2D eigenvalue weighted by molar-refractivity contribution is 8.00. The molecule has 8 heteroatoms. The van der Waals surface area contributed by atoms with Crippen molar-refractivity contribution in [1.82, 2.24) is 19.9 Å². The first-order chi connectivity index (χ1) is 10.2. The minimum absolute atomic E-state index is 0.115. The maximum absolute atomic E-state index is 11.9. The van der Waals surface area contributed by atoms with Crippen LogP contribution in [0.3, 0.4) is 0 Å². The van der Waals surface area contributed by atoms with Gasteiger partial charge in [0.15, 0.2) is 5.65 Å². The Morgan fingerprint density at radius 2 is 2.05 bits per heavy atom. The standard InChI is InChI=1S/C13H12N6OS/c14-8-1-3-9(4-2-8)19-10(20)5-21-13-11-12(16-6-15-11)17-7-18-13/h1-4,6-7H,5,14H2,(H,19,20)(H,15,16,17,18). The third-order valence-electron chi connectivity index (χ3n) is 2.72. The van der Waals surface area contributed by atoms with Crippen LogP contribution in [0.2, 0.25) is 0 Å². The molecule has 0 unspecified atom stereocenters. The van der Waals surface area contributed by atoms with Gasteiger partial charge in [0.25, 0.3) is 0 Å². The minimum atomic E-state index is -0.115. The second kappa shape index (κ2) is 5.80. The summed E-state index contributed by atoms with van der Waals surface area (Å²) in [6.07, 6.45) is 2.99. The van der Waals surface area contributed by atoms with E-state index < -0.39 is 0 Å². The molecule has 7 nitrogen and oxygen atoms in total. The topological polar surface area (TPSA) is 110 Å². The van der Waals surface area contributed by atoms with E-state index in [4.69, 9.17) is 5.73 Å². The van der Waals surface area contributed by atoms with Gasteiger partial charge < -0.3 is 16.0 Å². The first-order valence-corrected chi connectivity index (χ1v) is 7.13. The third kappa shape index (κ3) is 3.11. The molecule has 2 aromatic heterocycles. The summed E-state index contributed by atoms with van der Waals surface area (Å²) in [6.45, 7) is 0. The van der Waals surface area contributed by atoms with Crippen molar-refractivity contribution in [3.8, 4) is 0 Å². The first kappa shape index (κ1) is 13.4. The molecule has 0 saturated heterocycles. The molecule has 0 fully saturated rings. The number of carbonyl (C=O) groups is 1. The Bertz CT molecular complexity index is 770. The summed E-state index contributed by atoms with van der Waals surface area (Å²) >= 11 is 1.33. The summed E-state index contributed by atoms with van der Waals surface area (Å²) in [6, 6.07) is 6.99. The van der Waals surface area contributed by atoms with Gasteiger partial charge in [-0.1, -0.05) is 11.8 Å². The van der Waals surface area contributed by atoms with Crippen LogP contribution < -0.4 is 11.1 Å². The molecule has 3 rings (SSSR count). The zero-order valence-corrected chi connectivity index (χ0v) is 11.7. The van der Waals surface area contributed by atoms with E-state index in [9.17, 15) is 4.79 Å². The van der Waals surface area contributed by atoms with Gasteiger partial charge in [-0.3, -0.25) is 4.79 Å². The molecule has 0 spiro atoms. The second-order valence-corrected chi connectivity index (χ2v) is 5.20. The van der Waals surface area contributed by atoms with E-state index >= 15 is 0 Å². The lowest BCUT2D eigenvalue weighted by Gasteiger charge is -2.05. The second-order valence-electron chi connectivity index (χ2n) is 4.24. The number of nitrogen functional groups attached to an aromatic ring is 1. The number of rotatable bonds is 4. The number of nitrogens with one attached hydrogen (secondary N) is 2. The highest BCUT2D eigenvalue weighted by Crippen LogP contribution is 2.21.